The molecule has 1 aromatic carbocycles. The average Bonchev–Trinajstić information content (AvgIpc) is 3.32. The van der Waals surface area contributed by atoms with E-state index in [0.29, 0.717) is 18.5 Å². The number of ether oxygens (including phenoxy) is 1. The summed E-state index contributed by atoms with van der Waals surface area (Å²) in [6.45, 7) is 8.81. The Balaban J connectivity index is 1.66. The molecule has 0 saturated carbocycles. The zero-order chi connectivity index (χ0) is 16.6. The Labute approximate surface area is 144 Å². The number of nitrogens with zero attached hydrogens (tertiary/aromatic N) is 2. The monoisotopic (exact) mass is 326 g/mol. The van der Waals surface area contributed by atoms with Crippen LogP contribution in [0.5, 0.6) is 0 Å². The van der Waals surface area contributed by atoms with Gasteiger partial charge in [0, 0.05) is 44.7 Å². The summed E-state index contributed by atoms with van der Waals surface area (Å²) in [5.74, 6) is 0.597. The van der Waals surface area contributed by atoms with Gasteiger partial charge in [0.25, 0.3) is 0 Å². The lowest BCUT2D eigenvalue weighted by atomic mass is 9.73. The van der Waals surface area contributed by atoms with Crippen molar-refractivity contribution >= 4 is 5.91 Å². The molecule has 3 aliphatic rings. The molecule has 3 atom stereocenters. The topological polar surface area (TPSA) is 32.8 Å². The molecule has 4 rings (SSSR count). The molecule has 0 bridgehead atoms. The summed E-state index contributed by atoms with van der Waals surface area (Å²) in [6, 6.07) is 11.1. The predicted octanol–water partition coefficient (Wildman–Crippen LogP) is 2.28. The number of likely N-dealkylation sites (tertiary alicyclic amines) is 2. The molecule has 1 amide bonds. The second-order valence-electron chi connectivity index (χ2n) is 7.36. The predicted molar refractivity (Wildman–Crippen MR) is 93.8 cm³/mol. The maximum absolute atomic E-state index is 13.3. The summed E-state index contributed by atoms with van der Waals surface area (Å²) in [7, 11) is 0. The van der Waals surface area contributed by atoms with Gasteiger partial charge >= 0.3 is 0 Å². The van der Waals surface area contributed by atoms with Gasteiger partial charge in [-0.15, -0.1) is 6.58 Å². The Hall–Kier alpha value is -1.65. The molecule has 0 radical (unpaired) electrons. The summed E-state index contributed by atoms with van der Waals surface area (Å²) in [4.78, 5) is 17.8. The first kappa shape index (κ1) is 15.9. The van der Waals surface area contributed by atoms with Crippen molar-refractivity contribution in [2.45, 2.75) is 24.8 Å². The van der Waals surface area contributed by atoms with Crippen LogP contribution in [0.15, 0.2) is 43.0 Å². The summed E-state index contributed by atoms with van der Waals surface area (Å²) >= 11 is 0. The molecule has 1 spiro atoms. The zero-order valence-corrected chi connectivity index (χ0v) is 14.2. The van der Waals surface area contributed by atoms with E-state index in [4.69, 9.17) is 4.74 Å². The van der Waals surface area contributed by atoms with Crippen LogP contribution in [-0.4, -0.2) is 61.1 Å². The highest BCUT2D eigenvalue weighted by molar-refractivity contribution is 5.87. The number of hydrogen-bond acceptors (Lipinski definition) is 3. The standard InChI is InChI=1S/C20H26N2O2/c1-2-10-21-11-9-20(19(21)23)15-22(17-8-12-24-14-17)13-18(20)16-6-4-3-5-7-16/h2-7,17-18H,1,8-15H2/t17?,18-,20+/m1/s1. The molecule has 24 heavy (non-hydrogen) atoms. The lowest BCUT2D eigenvalue weighted by molar-refractivity contribution is -0.135. The van der Waals surface area contributed by atoms with Gasteiger partial charge in [0.15, 0.2) is 0 Å². The van der Waals surface area contributed by atoms with Crippen LogP contribution in [0.25, 0.3) is 0 Å². The Morgan fingerprint density at radius 1 is 1.33 bits per heavy atom. The SMILES string of the molecule is C=CCN1CC[C@@]2(CN(C3CCOC3)C[C@@H]2c2ccccc2)C1=O. The van der Waals surface area contributed by atoms with Gasteiger partial charge in [0.1, 0.15) is 0 Å². The molecule has 3 fully saturated rings. The summed E-state index contributed by atoms with van der Waals surface area (Å²) < 4.78 is 5.60. The van der Waals surface area contributed by atoms with Gasteiger partial charge in [-0.1, -0.05) is 36.4 Å². The summed E-state index contributed by atoms with van der Waals surface area (Å²) in [5, 5.41) is 0. The van der Waals surface area contributed by atoms with Crippen LogP contribution in [0, 0.1) is 5.41 Å². The molecule has 128 valence electrons. The number of carbonyl (C=O) groups is 1. The maximum atomic E-state index is 13.3. The van der Waals surface area contributed by atoms with E-state index in [0.717, 1.165) is 45.7 Å². The van der Waals surface area contributed by atoms with Gasteiger partial charge in [-0.3, -0.25) is 9.69 Å². The fourth-order valence-electron chi connectivity index (χ4n) is 4.80. The minimum Gasteiger partial charge on any atom is -0.380 e. The van der Waals surface area contributed by atoms with E-state index in [1.165, 1.54) is 5.56 Å². The first-order chi connectivity index (χ1) is 11.7. The minimum atomic E-state index is -0.271. The molecule has 0 aromatic heterocycles. The van der Waals surface area contributed by atoms with Crippen molar-refractivity contribution < 1.29 is 9.53 Å². The number of amides is 1. The van der Waals surface area contributed by atoms with Gasteiger partial charge in [-0.05, 0) is 18.4 Å². The third kappa shape index (κ3) is 2.49. The van der Waals surface area contributed by atoms with Gasteiger partial charge in [-0.2, -0.15) is 0 Å². The number of benzene rings is 1. The molecule has 3 aliphatic heterocycles. The van der Waals surface area contributed by atoms with Crippen molar-refractivity contribution in [3.8, 4) is 0 Å². The van der Waals surface area contributed by atoms with Crippen molar-refractivity contribution in [1.82, 2.24) is 9.80 Å². The molecule has 3 saturated heterocycles. The fourth-order valence-corrected chi connectivity index (χ4v) is 4.80. The van der Waals surface area contributed by atoms with Crippen molar-refractivity contribution in [2.75, 3.05) is 39.4 Å². The second kappa shape index (κ2) is 6.34. The van der Waals surface area contributed by atoms with Crippen molar-refractivity contribution in [3.63, 3.8) is 0 Å². The Morgan fingerprint density at radius 2 is 2.17 bits per heavy atom. The Morgan fingerprint density at radius 3 is 2.88 bits per heavy atom. The molecule has 3 heterocycles. The van der Waals surface area contributed by atoms with Crippen LogP contribution >= 0.6 is 0 Å². The smallest absolute Gasteiger partial charge is 0.231 e. The van der Waals surface area contributed by atoms with E-state index in [-0.39, 0.29) is 11.3 Å². The van der Waals surface area contributed by atoms with Crippen LogP contribution < -0.4 is 0 Å². The lowest BCUT2D eigenvalue weighted by Crippen LogP contribution is -2.41. The second-order valence-corrected chi connectivity index (χ2v) is 7.36. The number of carbonyl (C=O) groups excluding carboxylic acids is 1. The third-order valence-corrected chi connectivity index (χ3v) is 6.08. The highest BCUT2D eigenvalue weighted by Gasteiger charge is 2.57. The highest BCUT2D eigenvalue weighted by atomic mass is 16.5. The maximum Gasteiger partial charge on any atom is 0.231 e. The largest absolute Gasteiger partial charge is 0.380 e. The lowest BCUT2D eigenvalue weighted by Gasteiger charge is -2.29. The highest BCUT2D eigenvalue weighted by Crippen LogP contribution is 2.50. The van der Waals surface area contributed by atoms with Crippen molar-refractivity contribution in [1.29, 1.82) is 0 Å². The molecule has 0 aliphatic carbocycles. The Bertz CT molecular complexity index is 611. The number of rotatable bonds is 4. The van der Waals surface area contributed by atoms with Gasteiger partial charge < -0.3 is 9.64 Å². The third-order valence-electron chi connectivity index (χ3n) is 6.08. The molecule has 1 aromatic rings. The van der Waals surface area contributed by atoms with Crippen LogP contribution in [0.1, 0.15) is 24.3 Å². The van der Waals surface area contributed by atoms with E-state index in [1.54, 1.807) is 0 Å². The van der Waals surface area contributed by atoms with Gasteiger partial charge in [0.05, 0.1) is 12.0 Å². The van der Waals surface area contributed by atoms with E-state index in [1.807, 2.05) is 17.0 Å². The van der Waals surface area contributed by atoms with Gasteiger partial charge in [0.2, 0.25) is 5.91 Å². The fraction of sp³-hybridized carbons (Fsp3) is 0.550. The average molecular weight is 326 g/mol. The summed E-state index contributed by atoms with van der Waals surface area (Å²) in [5.41, 5.74) is 1.03. The van der Waals surface area contributed by atoms with Crippen LogP contribution in [-0.2, 0) is 9.53 Å². The van der Waals surface area contributed by atoms with Crippen LogP contribution in [0.3, 0.4) is 0 Å². The molecule has 4 heteroatoms. The molecule has 1 unspecified atom stereocenters. The minimum absolute atomic E-state index is 0.271. The van der Waals surface area contributed by atoms with E-state index in [9.17, 15) is 4.79 Å². The van der Waals surface area contributed by atoms with Crippen molar-refractivity contribution in [3.05, 3.63) is 48.6 Å². The molecular weight excluding hydrogens is 300 g/mol. The van der Waals surface area contributed by atoms with E-state index in [2.05, 4.69) is 35.7 Å². The normalized spacial score (nSPS) is 33.7. The quantitative estimate of drug-likeness (QED) is 0.796. The van der Waals surface area contributed by atoms with Crippen LogP contribution in [0.4, 0.5) is 0 Å². The Kier molecular flexibility index (Phi) is 4.19. The van der Waals surface area contributed by atoms with E-state index < -0.39 is 0 Å². The first-order valence-electron chi connectivity index (χ1n) is 9.01. The zero-order valence-electron chi connectivity index (χ0n) is 14.2. The first-order valence-corrected chi connectivity index (χ1v) is 9.01. The van der Waals surface area contributed by atoms with Crippen molar-refractivity contribution in [2.24, 2.45) is 5.41 Å². The van der Waals surface area contributed by atoms with E-state index >= 15 is 0 Å². The molecule has 0 N–H and O–H groups in total. The number of hydrogen-bond donors (Lipinski definition) is 0. The van der Waals surface area contributed by atoms with Crippen LogP contribution in [0.2, 0.25) is 0 Å². The molecular formula is C20H26N2O2. The van der Waals surface area contributed by atoms with Gasteiger partial charge in [-0.25, -0.2) is 0 Å². The molecule has 4 nitrogen and oxygen atoms in total. The summed E-state index contributed by atoms with van der Waals surface area (Å²) in [6.07, 6.45) is 3.87.